The summed E-state index contributed by atoms with van der Waals surface area (Å²) >= 11 is 0. The van der Waals surface area contributed by atoms with Crippen LogP contribution in [0.1, 0.15) is 23.2 Å². The minimum Gasteiger partial charge on any atom is -0.465 e. The highest BCUT2D eigenvalue weighted by Crippen LogP contribution is 2.35. The van der Waals surface area contributed by atoms with E-state index in [1.807, 2.05) is 0 Å². The maximum atomic E-state index is 12.6. The van der Waals surface area contributed by atoms with Crippen molar-refractivity contribution in [1.29, 1.82) is 0 Å². The van der Waals surface area contributed by atoms with Crippen LogP contribution in [0.4, 0.5) is 10.5 Å². The van der Waals surface area contributed by atoms with E-state index in [2.05, 4.69) is 4.74 Å². The first-order chi connectivity index (χ1) is 11.1. The number of carbonyl (C=O) groups is 3. The summed E-state index contributed by atoms with van der Waals surface area (Å²) in [6.45, 7) is 0.178. The van der Waals surface area contributed by atoms with Crippen LogP contribution < -0.4 is 4.90 Å². The van der Waals surface area contributed by atoms with Crippen molar-refractivity contribution < 1.29 is 23.9 Å². The van der Waals surface area contributed by atoms with Crippen LogP contribution in [0, 0.1) is 0 Å². The smallest absolute Gasteiger partial charge is 0.337 e. The normalized spacial score (nSPS) is 21.0. The van der Waals surface area contributed by atoms with E-state index in [0.29, 0.717) is 11.3 Å². The SMILES string of the molecule is COC[C@@H]1C(=O)N(c2ccc(C(=O)OC)cc2)C(=O)N1C1CC1. The molecule has 7 heteroatoms. The van der Waals surface area contributed by atoms with E-state index < -0.39 is 12.0 Å². The monoisotopic (exact) mass is 318 g/mol. The van der Waals surface area contributed by atoms with Gasteiger partial charge in [0.25, 0.3) is 5.91 Å². The molecule has 1 heterocycles. The Morgan fingerprint density at radius 3 is 2.35 bits per heavy atom. The number of nitrogens with zero attached hydrogens (tertiary/aromatic N) is 2. The van der Waals surface area contributed by atoms with Crippen LogP contribution in [-0.4, -0.2) is 55.7 Å². The number of methoxy groups -OCH3 is 2. The highest BCUT2D eigenvalue weighted by molar-refractivity contribution is 6.21. The quantitative estimate of drug-likeness (QED) is 0.606. The van der Waals surface area contributed by atoms with Crippen molar-refractivity contribution in [3.05, 3.63) is 29.8 Å². The summed E-state index contributed by atoms with van der Waals surface area (Å²) in [7, 11) is 2.81. The Balaban J connectivity index is 1.88. The zero-order valence-corrected chi connectivity index (χ0v) is 13.0. The fraction of sp³-hybridized carbons (Fsp3) is 0.438. The van der Waals surface area contributed by atoms with E-state index in [4.69, 9.17) is 4.74 Å². The molecule has 3 amide bonds. The standard InChI is InChI=1S/C16H18N2O5/c1-22-9-13-14(19)18(16(21)17(13)11-7-8-11)12-5-3-10(4-6-12)15(20)23-2/h3-6,11,13H,7-9H2,1-2H3/t13-/m1/s1. The number of urea groups is 1. The summed E-state index contributed by atoms with van der Waals surface area (Å²) in [6, 6.07) is 5.42. The molecule has 0 aromatic heterocycles. The summed E-state index contributed by atoms with van der Waals surface area (Å²) < 4.78 is 9.74. The number of ether oxygens (including phenoxy) is 2. The summed E-state index contributed by atoms with van der Waals surface area (Å²) in [4.78, 5) is 39.5. The Bertz CT molecular complexity index is 638. The van der Waals surface area contributed by atoms with Crippen LogP contribution in [0.15, 0.2) is 24.3 Å². The molecule has 0 spiro atoms. The molecule has 23 heavy (non-hydrogen) atoms. The number of esters is 1. The van der Waals surface area contributed by atoms with E-state index >= 15 is 0 Å². The number of hydrogen-bond acceptors (Lipinski definition) is 5. The predicted octanol–water partition coefficient (Wildman–Crippen LogP) is 1.42. The third-order valence-corrected chi connectivity index (χ3v) is 4.06. The number of amides is 3. The zero-order chi connectivity index (χ0) is 16.6. The lowest BCUT2D eigenvalue weighted by Gasteiger charge is -2.20. The molecule has 1 saturated carbocycles. The minimum atomic E-state index is -0.583. The summed E-state index contributed by atoms with van der Waals surface area (Å²) in [5.74, 6) is -0.762. The number of benzene rings is 1. The van der Waals surface area contributed by atoms with Crippen molar-refractivity contribution in [2.24, 2.45) is 0 Å². The molecule has 122 valence electrons. The number of imide groups is 1. The molecule has 1 aliphatic carbocycles. The summed E-state index contributed by atoms with van der Waals surface area (Å²) in [5.41, 5.74) is 0.805. The van der Waals surface area contributed by atoms with Gasteiger partial charge in [-0.15, -0.1) is 0 Å². The van der Waals surface area contributed by atoms with Crippen LogP contribution in [0.5, 0.6) is 0 Å². The molecule has 1 aromatic carbocycles. The van der Waals surface area contributed by atoms with Gasteiger partial charge in [-0.25, -0.2) is 14.5 Å². The van der Waals surface area contributed by atoms with Gasteiger partial charge in [-0.3, -0.25) is 4.79 Å². The molecule has 2 aliphatic rings. The van der Waals surface area contributed by atoms with E-state index in [9.17, 15) is 14.4 Å². The molecule has 1 aromatic rings. The van der Waals surface area contributed by atoms with Gasteiger partial charge >= 0.3 is 12.0 Å². The van der Waals surface area contributed by atoms with Crippen molar-refractivity contribution >= 4 is 23.6 Å². The summed E-state index contributed by atoms with van der Waals surface area (Å²) in [5, 5.41) is 0. The Labute approximate surface area is 133 Å². The van der Waals surface area contributed by atoms with E-state index in [1.165, 1.54) is 26.4 Å². The van der Waals surface area contributed by atoms with Crippen LogP contribution in [0.25, 0.3) is 0 Å². The zero-order valence-electron chi connectivity index (χ0n) is 13.0. The van der Waals surface area contributed by atoms with Gasteiger partial charge < -0.3 is 14.4 Å². The molecular weight excluding hydrogens is 300 g/mol. The molecule has 2 fully saturated rings. The molecule has 0 radical (unpaired) electrons. The van der Waals surface area contributed by atoms with Crippen molar-refractivity contribution in [3.8, 4) is 0 Å². The van der Waals surface area contributed by atoms with Crippen molar-refractivity contribution in [3.63, 3.8) is 0 Å². The molecule has 0 bridgehead atoms. The second kappa shape index (κ2) is 6.00. The molecule has 3 rings (SSSR count). The van der Waals surface area contributed by atoms with Crippen molar-refractivity contribution in [1.82, 2.24) is 4.90 Å². The Kier molecular flexibility index (Phi) is 4.04. The van der Waals surface area contributed by atoms with Crippen LogP contribution in [0.2, 0.25) is 0 Å². The number of anilines is 1. The maximum Gasteiger partial charge on any atom is 0.337 e. The number of carbonyl (C=O) groups excluding carboxylic acids is 3. The molecule has 7 nitrogen and oxygen atoms in total. The Morgan fingerprint density at radius 2 is 1.83 bits per heavy atom. The van der Waals surface area contributed by atoms with Gasteiger partial charge in [0.1, 0.15) is 6.04 Å². The van der Waals surface area contributed by atoms with E-state index in [0.717, 1.165) is 17.7 Å². The van der Waals surface area contributed by atoms with Crippen molar-refractivity contribution in [2.45, 2.75) is 24.9 Å². The molecule has 1 aliphatic heterocycles. The van der Waals surface area contributed by atoms with Crippen LogP contribution >= 0.6 is 0 Å². The van der Waals surface area contributed by atoms with E-state index in [-0.39, 0.29) is 24.6 Å². The fourth-order valence-electron chi connectivity index (χ4n) is 2.79. The predicted molar refractivity (Wildman–Crippen MR) is 81.2 cm³/mol. The lowest BCUT2D eigenvalue weighted by Crippen LogP contribution is -2.39. The van der Waals surface area contributed by atoms with Gasteiger partial charge in [0, 0.05) is 13.2 Å². The minimum absolute atomic E-state index is 0.117. The highest BCUT2D eigenvalue weighted by atomic mass is 16.5. The molecule has 1 saturated heterocycles. The van der Waals surface area contributed by atoms with Gasteiger partial charge in [-0.1, -0.05) is 0 Å². The largest absolute Gasteiger partial charge is 0.465 e. The maximum absolute atomic E-state index is 12.6. The second-order valence-corrected chi connectivity index (χ2v) is 5.60. The molecule has 0 unspecified atom stereocenters. The Morgan fingerprint density at radius 1 is 1.17 bits per heavy atom. The van der Waals surface area contributed by atoms with Gasteiger partial charge in [-0.05, 0) is 37.1 Å². The van der Waals surface area contributed by atoms with E-state index in [1.54, 1.807) is 17.0 Å². The summed E-state index contributed by atoms with van der Waals surface area (Å²) in [6.07, 6.45) is 1.82. The first-order valence-corrected chi connectivity index (χ1v) is 7.42. The topological polar surface area (TPSA) is 76.1 Å². The first kappa shape index (κ1) is 15.5. The molecular formula is C16H18N2O5. The fourth-order valence-corrected chi connectivity index (χ4v) is 2.79. The second-order valence-electron chi connectivity index (χ2n) is 5.60. The highest BCUT2D eigenvalue weighted by Gasteiger charge is 2.51. The first-order valence-electron chi connectivity index (χ1n) is 7.42. The average Bonchev–Trinajstić information content (AvgIpc) is 3.35. The van der Waals surface area contributed by atoms with Gasteiger partial charge in [0.05, 0.1) is 25.0 Å². The third-order valence-electron chi connectivity index (χ3n) is 4.06. The van der Waals surface area contributed by atoms with Gasteiger partial charge in [0.2, 0.25) is 0 Å². The third kappa shape index (κ3) is 2.68. The average molecular weight is 318 g/mol. The van der Waals surface area contributed by atoms with Gasteiger partial charge in [0.15, 0.2) is 0 Å². The molecule has 1 atom stereocenters. The van der Waals surface area contributed by atoms with Gasteiger partial charge in [-0.2, -0.15) is 0 Å². The van der Waals surface area contributed by atoms with Crippen LogP contribution in [0.3, 0.4) is 0 Å². The lowest BCUT2D eigenvalue weighted by molar-refractivity contribution is -0.121. The number of hydrogen-bond donors (Lipinski definition) is 0. The lowest BCUT2D eigenvalue weighted by atomic mass is 10.2. The van der Waals surface area contributed by atoms with Crippen LogP contribution in [-0.2, 0) is 14.3 Å². The number of rotatable bonds is 5. The Hall–Kier alpha value is -2.41. The van der Waals surface area contributed by atoms with Crippen molar-refractivity contribution in [2.75, 3.05) is 25.7 Å². The molecule has 0 N–H and O–H groups in total.